The molecule has 0 aliphatic carbocycles. The van der Waals surface area contributed by atoms with Crippen LogP contribution in [0.25, 0.3) is 11.5 Å². The molecule has 3 rings (SSSR count). The predicted molar refractivity (Wildman–Crippen MR) is 89.6 cm³/mol. The van der Waals surface area contributed by atoms with E-state index in [0.29, 0.717) is 22.7 Å². The molecular formula is C18H17ClN2O2. The molecule has 0 atom stereocenters. The number of benzene rings is 2. The van der Waals surface area contributed by atoms with Gasteiger partial charge in [0.15, 0.2) is 6.61 Å². The van der Waals surface area contributed by atoms with Crippen LogP contribution in [0.4, 0.5) is 0 Å². The van der Waals surface area contributed by atoms with Gasteiger partial charge >= 0.3 is 0 Å². The topological polar surface area (TPSA) is 48.2 Å². The molecule has 0 bridgehead atoms. The predicted octanol–water partition coefficient (Wildman–Crippen LogP) is 5.09. The van der Waals surface area contributed by atoms with Crippen LogP contribution in [0, 0.1) is 0 Å². The van der Waals surface area contributed by atoms with Gasteiger partial charge in [-0.05, 0) is 35.7 Å². The molecule has 1 heterocycles. The molecule has 0 amide bonds. The first kappa shape index (κ1) is 15.6. The highest BCUT2D eigenvalue weighted by Gasteiger charge is 2.11. The molecule has 0 N–H and O–H groups in total. The Bertz CT molecular complexity index is 799. The number of rotatable bonds is 5. The fourth-order valence-corrected chi connectivity index (χ4v) is 2.47. The third-order valence-electron chi connectivity index (χ3n) is 3.43. The van der Waals surface area contributed by atoms with Crippen molar-refractivity contribution < 1.29 is 9.15 Å². The first-order valence-electron chi connectivity index (χ1n) is 7.43. The highest BCUT2D eigenvalue weighted by molar-refractivity contribution is 6.30. The molecule has 0 radical (unpaired) electrons. The van der Waals surface area contributed by atoms with E-state index in [-0.39, 0.29) is 6.61 Å². The third-order valence-corrected chi connectivity index (χ3v) is 3.67. The maximum Gasteiger partial charge on any atom is 0.254 e. The third kappa shape index (κ3) is 3.71. The smallest absolute Gasteiger partial charge is 0.254 e. The van der Waals surface area contributed by atoms with Crippen molar-refractivity contribution in [2.24, 2.45) is 0 Å². The lowest BCUT2D eigenvalue weighted by Crippen LogP contribution is -1.99. The van der Waals surface area contributed by atoms with Gasteiger partial charge in [-0.3, -0.25) is 0 Å². The van der Waals surface area contributed by atoms with Crippen molar-refractivity contribution in [3.05, 3.63) is 65.0 Å². The van der Waals surface area contributed by atoms with Crippen LogP contribution < -0.4 is 4.74 Å². The number of hydrogen-bond acceptors (Lipinski definition) is 4. The second-order valence-corrected chi connectivity index (χ2v) is 5.93. The number of aromatic nitrogens is 2. The molecule has 5 heteroatoms. The van der Waals surface area contributed by atoms with Crippen LogP contribution >= 0.6 is 11.6 Å². The minimum absolute atomic E-state index is 0.233. The summed E-state index contributed by atoms with van der Waals surface area (Å²) in [6, 6.07) is 15.3. The first-order valence-corrected chi connectivity index (χ1v) is 7.81. The Morgan fingerprint density at radius 2 is 1.91 bits per heavy atom. The average molecular weight is 329 g/mol. The first-order chi connectivity index (χ1) is 11.1. The van der Waals surface area contributed by atoms with E-state index in [2.05, 4.69) is 30.1 Å². The van der Waals surface area contributed by atoms with Crippen LogP contribution in [-0.2, 0) is 6.61 Å². The zero-order valence-electron chi connectivity index (χ0n) is 13.0. The van der Waals surface area contributed by atoms with Gasteiger partial charge in [-0.1, -0.05) is 49.7 Å². The maximum atomic E-state index is 5.98. The average Bonchev–Trinajstić information content (AvgIpc) is 3.02. The van der Waals surface area contributed by atoms with E-state index in [1.807, 2.05) is 30.3 Å². The lowest BCUT2D eigenvalue weighted by atomic mass is 10.0. The van der Waals surface area contributed by atoms with Crippen LogP contribution in [0.3, 0.4) is 0 Å². The van der Waals surface area contributed by atoms with E-state index in [1.54, 1.807) is 12.1 Å². The molecule has 0 saturated carbocycles. The van der Waals surface area contributed by atoms with Crippen molar-refractivity contribution >= 4 is 11.6 Å². The molecule has 118 valence electrons. The van der Waals surface area contributed by atoms with Gasteiger partial charge in [0.05, 0.1) is 0 Å². The summed E-state index contributed by atoms with van der Waals surface area (Å²) in [5, 5.41) is 8.70. The summed E-state index contributed by atoms with van der Waals surface area (Å²) in [5.41, 5.74) is 1.95. The molecule has 2 aromatic carbocycles. The van der Waals surface area contributed by atoms with Crippen molar-refractivity contribution in [1.29, 1.82) is 0 Å². The molecule has 23 heavy (non-hydrogen) atoms. The van der Waals surface area contributed by atoms with E-state index < -0.39 is 0 Å². The number of ether oxygens (including phenoxy) is 1. The molecule has 0 aliphatic heterocycles. The molecule has 0 fully saturated rings. The van der Waals surface area contributed by atoms with E-state index in [1.165, 1.54) is 0 Å². The number of para-hydroxylation sites is 1. The standard InChI is InChI=1S/C18H17ClN2O2/c1-12(2)15-8-3-4-9-16(15)22-11-17-20-21-18(23-17)13-6-5-7-14(19)10-13/h3-10,12H,11H2,1-2H3. The number of nitrogens with zero attached hydrogens (tertiary/aromatic N) is 2. The normalized spacial score (nSPS) is 11.0. The quantitative estimate of drug-likeness (QED) is 0.654. The Balaban J connectivity index is 1.73. The number of halogens is 1. The van der Waals surface area contributed by atoms with E-state index >= 15 is 0 Å². The maximum absolute atomic E-state index is 5.98. The summed E-state index contributed by atoms with van der Waals surface area (Å²) >= 11 is 5.98. The van der Waals surface area contributed by atoms with Gasteiger partial charge in [0.1, 0.15) is 5.75 Å². The Morgan fingerprint density at radius 3 is 2.70 bits per heavy atom. The summed E-state index contributed by atoms with van der Waals surface area (Å²) in [6.07, 6.45) is 0. The Morgan fingerprint density at radius 1 is 1.09 bits per heavy atom. The van der Waals surface area contributed by atoms with Gasteiger partial charge in [-0.25, -0.2) is 0 Å². The van der Waals surface area contributed by atoms with E-state index in [4.69, 9.17) is 20.8 Å². The molecule has 0 saturated heterocycles. The summed E-state index contributed by atoms with van der Waals surface area (Å²) < 4.78 is 11.5. The van der Waals surface area contributed by atoms with Gasteiger partial charge < -0.3 is 9.15 Å². The monoisotopic (exact) mass is 328 g/mol. The van der Waals surface area contributed by atoms with Crippen LogP contribution in [-0.4, -0.2) is 10.2 Å². The van der Waals surface area contributed by atoms with Crippen molar-refractivity contribution in [3.8, 4) is 17.2 Å². The molecule has 0 unspecified atom stereocenters. The van der Waals surface area contributed by atoms with Crippen LogP contribution in [0.15, 0.2) is 52.9 Å². The van der Waals surface area contributed by atoms with E-state index in [0.717, 1.165) is 16.9 Å². The van der Waals surface area contributed by atoms with Crippen LogP contribution in [0.5, 0.6) is 5.75 Å². The molecule has 1 aromatic heterocycles. The second kappa shape index (κ2) is 6.84. The van der Waals surface area contributed by atoms with Crippen molar-refractivity contribution in [3.63, 3.8) is 0 Å². The van der Waals surface area contributed by atoms with Crippen molar-refractivity contribution in [1.82, 2.24) is 10.2 Å². The zero-order chi connectivity index (χ0) is 16.2. The highest BCUT2D eigenvalue weighted by Crippen LogP contribution is 2.27. The molecule has 0 aliphatic rings. The van der Waals surface area contributed by atoms with Gasteiger partial charge in [-0.15, -0.1) is 10.2 Å². The van der Waals surface area contributed by atoms with Crippen molar-refractivity contribution in [2.45, 2.75) is 26.4 Å². The van der Waals surface area contributed by atoms with Crippen LogP contribution in [0.2, 0.25) is 5.02 Å². The Kier molecular flexibility index (Phi) is 4.63. The molecule has 3 aromatic rings. The summed E-state index contributed by atoms with van der Waals surface area (Å²) in [4.78, 5) is 0. The van der Waals surface area contributed by atoms with Gasteiger partial charge in [0, 0.05) is 10.6 Å². The highest BCUT2D eigenvalue weighted by atomic mass is 35.5. The Labute approximate surface area is 140 Å². The minimum atomic E-state index is 0.233. The van der Waals surface area contributed by atoms with Gasteiger partial charge in [0.25, 0.3) is 5.89 Å². The fraction of sp³-hybridized carbons (Fsp3) is 0.222. The van der Waals surface area contributed by atoms with E-state index in [9.17, 15) is 0 Å². The Hall–Kier alpha value is -2.33. The lowest BCUT2D eigenvalue weighted by molar-refractivity contribution is 0.261. The van der Waals surface area contributed by atoms with Gasteiger partial charge in [-0.2, -0.15) is 0 Å². The largest absolute Gasteiger partial charge is 0.484 e. The van der Waals surface area contributed by atoms with Gasteiger partial charge in [0.2, 0.25) is 5.89 Å². The molecular weight excluding hydrogens is 312 g/mol. The SMILES string of the molecule is CC(C)c1ccccc1OCc1nnc(-c2cccc(Cl)c2)o1. The summed E-state index contributed by atoms with van der Waals surface area (Å²) in [7, 11) is 0. The summed E-state index contributed by atoms with van der Waals surface area (Å²) in [5.74, 6) is 2.09. The fourth-order valence-electron chi connectivity index (χ4n) is 2.28. The summed E-state index contributed by atoms with van der Waals surface area (Å²) in [6.45, 7) is 4.50. The van der Waals surface area contributed by atoms with Crippen LogP contribution in [0.1, 0.15) is 31.2 Å². The molecule has 0 spiro atoms. The lowest BCUT2D eigenvalue weighted by Gasteiger charge is -2.12. The molecule has 4 nitrogen and oxygen atoms in total. The zero-order valence-corrected chi connectivity index (χ0v) is 13.7. The minimum Gasteiger partial charge on any atom is -0.484 e. The number of hydrogen-bond donors (Lipinski definition) is 0. The second-order valence-electron chi connectivity index (χ2n) is 5.49. The van der Waals surface area contributed by atoms with Crippen molar-refractivity contribution in [2.75, 3.05) is 0 Å².